The summed E-state index contributed by atoms with van der Waals surface area (Å²) in [4.78, 5) is 0. The van der Waals surface area contributed by atoms with Gasteiger partial charge in [0.2, 0.25) is 0 Å². The van der Waals surface area contributed by atoms with Crippen molar-refractivity contribution in [3.63, 3.8) is 0 Å². The van der Waals surface area contributed by atoms with Crippen LogP contribution >= 0.6 is 34.1 Å². The molecule has 0 atom stereocenters. The molecule has 0 aliphatic heterocycles. The molecule has 0 aliphatic carbocycles. The van der Waals surface area contributed by atoms with Crippen molar-refractivity contribution in [3.8, 4) is 0 Å². The molecule has 0 rings (SSSR count). The fourth-order valence-electron chi connectivity index (χ4n) is 0. The van der Waals surface area contributed by atoms with Crippen LogP contribution in [-0.2, 0) is 0 Å². The normalized spacial score (nSPS) is 19.2. The minimum atomic E-state index is -4.91. The molecule has 6 heavy (non-hydrogen) atoms. The van der Waals surface area contributed by atoms with E-state index in [-0.39, 0.29) is 0 Å². The molecule has 0 fully saturated rings. The van der Waals surface area contributed by atoms with Crippen molar-refractivity contribution >= 4 is 48.5 Å². The molecule has 40 valence electrons. The van der Waals surface area contributed by atoms with Crippen LogP contribution in [0.3, 0.4) is 0 Å². The number of hydrogen-bond acceptors (Lipinski definition) is 1. The molecule has 0 aromatic carbocycles. The molecule has 0 aromatic rings. The molecule has 0 aromatic heterocycles. The summed E-state index contributed by atoms with van der Waals surface area (Å²) < 4.78 is 8.26. The van der Waals surface area contributed by atoms with Crippen molar-refractivity contribution in [3.05, 3.63) is 0 Å². The average Bonchev–Trinajstić information content (AvgIpc) is 0.650. The van der Waals surface area contributed by atoms with Gasteiger partial charge in [0.05, 0.1) is 0 Å². The van der Waals surface area contributed by atoms with Gasteiger partial charge >= 0.3 is 51.7 Å². The molecule has 0 unspecified atom stereocenters. The fourth-order valence-corrected chi connectivity index (χ4v) is 0. The maximum absolute atomic E-state index is 8.26. The second-order valence-corrected chi connectivity index (χ2v) is 38.2. The van der Waals surface area contributed by atoms with E-state index < -0.39 is 14.4 Å². The zero-order valence-corrected chi connectivity index (χ0v) is 8.91. The molecule has 1 N–H and O–H groups in total. The van der Waals surface area contributed by atoms with Crippen LogP contribution in [0.25, 0.3) is 0 Å². The molecular formula is HBiCl4O. The monoisotopic (exact) mass is 366 g/mol. The molecule has 0 saturated heterocycles. The second kappa shape index (κ2) is 1.75. The number of hydrogen-bond donors (Lipinski definition) is 1. The first-order valence-corrected chi connectivity index (χ1v) is 19.6. The van der Waals surface area contributed by atoms with Crippen LogP contribution in [0.15, 0.2) is 0 Å². The second-order valence-electron chi connectivity index (χ2n) is 0.686. The Labute approximate surface area is 51.1 Å². The molecule has 0 radical (unpaired) electrons. The third kappa shape index (κ3) is 37.4. The van der Waals surface area contributed by atoms with E-state index >= 15 is 0 Å². The van der Waals surface area contributed by atoms with Crippen LogP contribution in [0.1, 0.15) is 0 Å². The van der Waals surface area contributed by atoms with E-state index in [4.69, 9.17) is 37.2 Å². The van der Waals surface area contributed by atoms with Crippen molar-refractivity contribution in [1.82, 2.24) is 0 Å². The van der Waals surface area contributed by atoms with Crippen LogP contribution in [0.2, 0.25) is 0 Å². The first kappa shape index (κ1) is 8.00. The third-order valence-electron chi connectivity index (χ3n) is 0. The van der Waals surface area contributed by atoms with Gasteiger partial charge in [-0.25, -0.2) is 0 Å². The van der Waals surface area contributed by atoms with E-state index in [0.717, 1.165) is 0 Å². The zero-order chi connectivity index (χ0) is 5.45. The molecule has 6 heteroatoms. The van der Waals surface area contributed by atoms with Crippen molar-refractivity contribution in [1.29, 1.82) is 0 Å². The molecule has 0 heterocycles. The van der Waals surface area contributed by atoms with E-state index in [1.165, 1.54) is 0 Å². The van der Waals surface area contributed by atoms with E-state index in [9.17, 15) is 0 Å². The summed E-state index contributed by atoms with van der Waals surface area (Å²) in [6, 6.07) is 0. The Kier molecular flexibility index (Phi) is 2.34. The van der Waals surface area contributed by atoms with Gasteiger partial charge in [0.25, 0.3) is 0 Å². The molecule has 0 aliphatic rings. The predicted molar refractivity (Wildman–Crippen MR) is 31.4 cm³/mol. The van der Waals surface area contributed by atoms with Gasteiger partial charge in [-0.2, -0.15) is 0 Å². The van der Waals surface area contributed by atoms with Gasteiger partial charge in [-0.3, -0.25) is 0 Å². The average molecular weight is 368 g/mol. The van der Waals surface area contributed by atoms with Gasteiger partial charge in [-0.05, 0) is 0 Å². The topological polar surface area (TPSA) is 20.2 Å². The van der Waals surface area contributed by atoms with E-state index in [0.29, 0.717) is 0 Å². The molecule has 0 saturated carbocycles. The predicted octanol–water partition coefficient (Wildman–Crippen LogP) is 1.82. The standard InChI is InChI=1S/Bi.4ClH.H2O/h;4*1H;1H2/q+5;;;;;/p-5. The van der Waals surface area contributed by atoms with Gasteiger partial charge < -0.3 is 0 Å². The third-order valence-corrected chi connectivity index (χ3v) is 0. The van der Waals surface area contributed by atoms with Gasteiger partial charge in [0, 0.05) is 0 Å². The summed E-state index contributed by atoms with van der Waals surface area (Å²) in [7, 11) is 19.4. The summed E-state index contributed by atoms with van der Waals surface area (Å²) >= 11 is -4.91. The van der Waals surface area contributed by atoms with Gasteiger partial charge in [-0.15, -0.1) is 0 Å². The Balaban J connectivity index is 3.73. The fraction of sp³-hybridized carbons (Fsp3) is 0. The number of halogens is 4. The quantitative estimate of drug-likeness (QED) is 0.648. The van der Waals surface area contributed by atoms with Crippen LogP contribution in [0.4, 0.5) is 0 Å². The van der Waals surface area contributed by atoms with Crippen molar-refractivity contribution in [2.24, 2.45) is 0 Å². The minimum absolute atomic E-state index is 4.85. The summed E-state index contributed by atoms with van der Waals surface area (Å²) in [6.07, 6.45) is 0. The molecule has 0 amide bonds. The first-order chi connectivity index (χ1) is 2.24. The summed E-state index contributed by atoms with van der Waals surface area (Å²) in [5, 5.41) is 0. The SMILES string of the molecule is [OH][Bi]([Cl])([Cl])([Cl])[Cl]. The Bertz CT molecular complexity index is 40.7. The number of rotatable bonds is 0. The maximum atomic E-state index is 8.26. The molecule has 0 spiro atoms. The molecule has 1 nitrogen and oxygen atoms in total. The van der Waals surface area contributed by atoms with Crippen LogP contribution < -0.4 is 0 Å². The molecule has 0 bridgehead atoms. The Hall–Kier alpha value is 2.00. The van der Waals surface area contributed by atoms with Crippen LogP contribution in [0, 0.1) is 0 Å². The Morgan fingerprint density at radius 1 is 1.00 bits per heavy atom. The molecular weight excluding hydrogens is 367 g/mol. The van der Waals surface area contributed by atoms with Crippen molar-refractivity contribution in [2.45, 2.75) is 0 Å². The van der Waals surface area contributed by atoms with Gasteiger partial charge in [0.15, 0.2) is 0 Å². The summed E-state index contributed by atoms with van der Waals surface area (Å²) in [5.74, 6) is 0. The van der Waals surface area contributed by atoms with Crippen molar-refractivity contribution in [2.75, 3.05) is 0 Å². The van der Waals surface area contributed by atoms with Crippen LogP contribution in [-0.4, -0.2) is 17.6 Å². The Morgan fingerprint density at radius 2 is 1.00 bits per heavy atom. The van der Waals surface area contributed by atoms with Gasteiger partial charge in [0.1, 0.15) is 0 Å². The van der Waals surface area contributed by atoms with Crippen LogP contribution in [0.5, 0.6) is 0 Å². The van der Waals surface area contributed by atoms with E-state index in [2.05, 4.69) is 0 Å². The zero-order valence-electron chi connectivity index (χ0n) is 2.41. The summed E-state index contributed by atoms with van der Waals surface area (Å²) in [6.45, 7) is 0. The van der Waals surface area contributed by atoms with E-state index in [1.807, 2.05) is 0 Å². The van der Waals surface area contributed by atoms with Gasteiger partial charge in [-0.1, -0.05) is 0 Å². The summed E-state index contributed by atoms with van der Waals surface area (Å²) in [5.41, 5.74) is 0. The Morgan fingerprint density at radius 3 is 1.00 bits per heavy atom. The van der Waals surface area contributed by atoms with E-state index in [1.54, 1.807) is 0 Å². The first-order valence-electron chi connectivity index (χ1n) is 0.876. The van der Waals surface area contributed by atoms with Crippen molar-refractivity contribution < 1.29 is 3.18 Å².